The van der Waals surface area contributed by atoms with Gasteiger partial charge in [-0.05, 0) is 55.3 Å². The number of pyridine rings is 2. The van der Waals surface area contributed by atoms with E-state index < -0.39 is 0 Å². The van der Waals surface area contributed by atoms with Gasteiger partial charge in [0.05, 0.1) is 16.4 Å². The van der Waals surface area contributed by atoms with E-state index in [-0.39, 0.29) is 5.56 Å². The Labute approximate surface area is 195 Å². The van der Waals surface area contributed by atoms with Crippen LogP contribution in [0.2, 0.25) is 15.1 Å². The van der Waals surface area contributed by atoms with E-state index in [4.69, 9.17) is 45.5 Å². The molecule has 2 heterocycles. The summed E-state index contributed by atoms with van der Waals surface area (Å²) < 4.78 is 1.68. The molecule has 0 saturated carbocycles. The number of hydrogen-bond donors (Lipinski definition) is 1. The zero-order valence-corrected chi connectivity index (χ0v) is 19.3. The van der Waals surface area contributed by atoms with Crippen molar-refractivity contribution >= 4 is 51.5 Å². The summed E-state index contributed by atoms with van der Waals surface area (Å²) >= 11 is 18.8. The van der Waals surface area contributed by atoms with Crippen LogP contribution >= 0.6 is 34.8 Å². The van der Waals surface area contributed by atoms with E-state index in [0.29, 0.717) is 49.8 Å². The predicted molar refractivity (Wildman–Crippen MR) is 131 cm³/mol. The predicted octanol–water partition coefficient (Wildman–Crippen LogP) is 6.99. The third-order valence-electron chi connectivity index (χ3n) is 5.31. The molecular formula is C24H20Cl3N3O. The lowest BCUT2D eigenvalue weighted by Gasteiger charge is -2.18. The smallest absolute Gasteiger partial charge is 0.257 e. The summed E-state index contributed by atoms with van der Waals surface area (Å²) in [4.78, 5) is 17.9. The number of nitrogens with zero attached hydrogens (tertiary/aromatic N) is 2. The first-order valence-corrected chi connectivity index (χ1v) is 11.0. The van der Waals surface area contributed by atoms with E-state index in [0.717, 1.165) is 22.9 Å². The third kappa shape index (κ3) is 3.91. The molecule has 4 rings (SSSR count). The van der Waals surface area contributed by atoms with Crippen LogP contribution < -0.4 is 11.3 Å². The molecule has 0 amide bonds. The molecule has 0 saturated heterocycles. The number of benzene rings is 2. The molecular weight excluding hydrogens is 453 g/mol. The van der Waals surface area contributed by atoms with Gasteiger partial charge < -0.3 is 5.73 Å². The highest BCUT2D eigenvalue weighted by Crippen LogP contribution is 2.39. The van der Waals surface area contributed by atoms with Crippen LogP contribution in [0.4, 0.5) is 5.69 Å². The molecule has 0 unspecified atom stereocenters. The Kier molecular flexibility index (Phi) is 5.98. The zero-order chi connectivity index (χ0) is 22.3. The standard InChI is InChI=1S/C24H20Cl3N3O/c1-3-10-30-23-19(21(28)13(2)24(30)31)12-18(14-4-6-15(25)7-5-14)22(29-23)17-9-8-16(26)11-20(17)27/h4-9,11-12H,3,10,28H2,1-2H3. The summed E-state index contributed by atoms with van der Waals surface area (Å²) in [6, 6.07) is 14.7. The van der Waals surface area contributed by atoms with Gasteiger partial charge in [-0.2, -0.15) is 0 Å². The molecule has 0 fully saturated rings. The Balaban J connectivity index is 2.15. The van der Waals surface area contributed by atoms with Crippen molar-refractivity contribution in [2.24, 2.45) is 0 Å². The second-order valence-electron chi connectivity index (χ2n) is 7.38. The van der Waals surface area contributed by atoms with Crippen molar-refractivity contribution in [3.8, 4) is 22.4 Å². The molecule has 31 heavy (non-hydrogen) atoms. The molecule has 2 N–H and O–H groups in total. The lowest BCUT2D eigenvalue weighted by atomic mass is 9.97. The maximum atomic E-state index is 12.9. The van der Waals surface area contributed by atoms with Gasteiger partial charge >= 0.3 is 0 Å². The fraction of sp³-hybridized carbons (Fsp3) is 0.167. The maximum Gasteiger partial charge on any atom is 0.257 e. The number of rotatable bonds is 4. The Morgan fingerprint density at radius 3 is 2.29 bits per heavy atom. The van der Waals surface area contributed by atoms with Gasteiger partial charge in [0.2, 0.25) is 0 Å². The Hall–Kier alpha value is -2.53. The molecule has 0 atom stereocenters. The Morgan fingerprint density at radius 2 is 1.65 bits per heavy atom. The lowest BCUT2D eigenvalue weighted by Crippen LogP contribution is -2.25. The topological polar surface area (TPSA) is 60.9 Å². The van der Waals surface area contributed by atoms with Crippen molar-refractivity contribution < 1.29 is 0 Å². The number of fused-ring (bicyclic) bond motifs is 1. The largest absolute Gasteiger partial charge is 0.398 e. The molecule has 7 heteroatoms. The van der Waals surface area contributed by atoms with E-state index >= 15 is 0 Å². The molecule has 4 aromatic rings. The van der Waals surface area contributed by atoms with Crippen LogP contribution in [0.15, 0.2) is 53.3 Å². The average Bonchev–Trinajstić information content (AvgIpc) is 2.75. The van der Waals surface area contributed by atoms with Gasteiger partial charge in [0.25, 0.3) is 5.56 Å². The highest BCUT2D eigenvalue weighted by Gasteiger charge is 2.19. The minimum absolute atomic E-state index is 0.133. The van der Waals surface area contributed by atoms with Gasteiger partial charge in [0, 0.05) is 38.7 Å². The van der Waals surface area contributed by atoms with Crippen LogP contribution in [0.1, 0.15) is 18.9 Å². The maximum absolute atomic E-state index is 12.9. The first-order chi connectivity index (χ1) is 14.8. The van der Waals surface area contributed by atoms with Gasteiger partial charge in [-0.3, -0.25) is 9.36 Å². The van der Waals surface area contributed by atoms with Crippen LogP contribution in [0, 0.1) is 6.92 Å². The number of anilines is 1. The summed E-state index contributed by atoms with van der Waals surface area (Å²) in [6.07, 6.45) is 0.788. The molecule has 0 spiro atoms. The van der Waals surface area contributed by atoms with Gasteiger partial charge in [0.1, 0.15) is 5.65 Å². The Bertz CT molecular complexity index is 1360. The van der Waals surface area contributed by atoms with Crippen LogP contribution in [0.5, 0.6) is 0 Å². The minimum Gasteiger partial charge on any atom is -0.398 e. The number of nitrogen functional groups attached to an aromatic ring is 1. The van der Waals surface area contributed by atoms with Gasteiger partial charge in [-0.25, -0.2) is 4.98 Å². The van der Waals surface area contributed by atoms with E-state index in [2.05, 4.69) is 0 Å². The molecule has 158 valence electrons. The van der Waals surface area contributed by atoms with Crippen molar-refractivity contribution in [3.63, 3.8) is 0 Å². The number of aromatic nitrogens is 2. The molecule has 0 aliphatic carbocycles. The highest BCUT2D eigenvalue weighted by molar-refractivity contribution is 6.36. The number of hydrogen-bond acceptors (Lipinski definition) is 3. The van der Waals surface area contributed by atoms with Gasteiger partial charge in [-0.15, -0.1) is 0 Å². The Morgan fingerprint density at radius 1 is 0.968 bits per heavy atom. The summed E-state index contributed by atoms with van der Waals surface area (Å²) in [5.41, 5.74) is 10.8. The van der Waals surface area contributed by atoms with Crippen molar-refractivity contribution in [2.45, 2.75) is 26.8 Å². The normalized spacial score (nSPS) is 11.3. The van der Waals surface area contributed by atoms with Gasteiger partial charge in [-0.1, -0.05) is 53.9 Å². The van der Waals surface area contributed by atoms with Crippen molar-refractivity contribution in [1.29, 1.82) is 0 Å². The first kappa shape index (κ1) is 21.7. The lowest BCUT2D eigenvalue weighted by molar-refractivity contribution is 0.669. The summed E-state index contributed by atoms with van der Waals surface area (Å²) in [7, 11) is 0. The number of nitrogens with two attached hydrogens (primary N) is 1. The van der Waals surface area contributed by atoms with E-state index in [1.165, 1.54) is 0 Å². The second kappa shape index (κ2) is 8.54. The van der Waals surface area contributed by atoms with E-state index in [1.807, 2.05) is 43.3 Å². The number of aryl methyl sites for hydroxylation is 1. The summed E-state index contributed by atoms with van der Waals surface area (Å²) in [6.45, 7) is 4.30. The third-order valence-corrected chi connectivity index (χ3v) is 6.11. The van der Waals surface area contributed by atoms with E-state index in [1.54, 1.807) is 23.6 Å². The molecule has 0 aliphatic heterocycles. The van der Waals surface area contributed by atoms with Crippen LogP contribution in [-0.4, -0.2) is 9.55 Å². The molecule has 4 nitrogen and oxygen atoms in total. The van der Waals surface area contributed by atoms with Crippen LogP contribution in [0.25, 0.3) is 33.4 Å². The summed E-state index contributed by atoms with van der Waals surface area (Å²) in [5.74, 6) is 0. The van der Waals surface area contributed by atoms with Gasteiger partial charge in [0.15, 0.2) is 0 Å². The average molecular weight is 473 g/mol. The zero-order valence-electron chi connectivity index (χ0n) is 17.0. The fourth-order valence-corrected chi connectivity index (χ4v) is 4.31. The first-order valence-electron chi connectivity index (χ1n) is 9.86. The minimum atomic E-state index is -0.133. The quantitative estimate of drug-likeness (QED) is 0.348. The molecule has 2 aromatic heterocycles. The fourth-order valence-electron chi connectivity index (χ4n) is 3.69. The molecule has 0 aliphatic rings. The monoisotopic (exact) mass is 471 g/mol. The van der Waals surface area contributed by atoms with Crippen LogP contribution in [0.3, 0.4) is 0 Å². The highest BCUT2D eigenvalue weighted by atomic mass is 35.5. The van der Waals surface area contributed by atoms with E-state index in [9.17, 15) is 4.79 Å². The molecule has 0 bridgehead atoms. The van der Waals surface area contributed by atoms with Crippen molar-refractivity contribution in [2.75, 3.05) is 5.73 Å². The molecule has 0 radical (unpaired) electrons. The molecule has 2 aromatic carbocycles. The van der Waals surface area contributed by atoms with Crippen molar-refractivity contribution in [3.05, 3.63) is 79.5 Å². The van der Waals surface area contributed by atoms with Crippen LogP contribution in [-0.2, 0) is 6.54 Å². The second-order valence-corrected chi connectivity index (χ2v) is 8.66. The summed E-state index contributed by atoms with van der Waals surface area (Å²) in [5, 5.41) is 2.37. The number of halogens is 3. The SMILES string of the molecule is CCCn1c(=O)c(C)c(N)c2cc(-c3ccc(Cl)cc3)c(-c3ccc(Cl)cc3Cl)nc21. The van der Waals surface area contributed by atoms with Crippen molar-refractivity contribution in [1.82, 2.24) is 9.55 Å².